The Kier molecular flexibility index (Phi) is 3.06. The summed E-state index contributed by atoms with van der Waals surface area (Å²) < 4.78 is 0. The number of aryl methyl sites for hydroxylation is 2. The molecule has 0 radical (unpaired) electrons. The van der Waals surface area contributed by atoms with Crippen molar-refractivity contribution in [3.05, 3.63) is 23.3 Å². The van der Waals surface area contributed by atoms with Gasteiger partial charge < -0.3 is 0 Å². The largest absolute Gasteiger partial charge is 0.300 e. The predicted octanol–water partition coefficient (Wildman–Crippen LogP) is 1.26. The first-order valence-electron chi connectivity index (χ1n) is 4.33. The van der Waals surface area contributed by atoms with Crippen LogP contribution in [-0.2, 0) is 4.79 Å². The van der Waals surface area contributed by atoms with Gasteiger partial charge in [-0.15, -0.1) is 0 Å². The molecule has 14 heavy (non-hydrogen) atoms. The van der Waals surface area contributed by atoms with E-state index < -0.39 is 0 Å². The van der Waals surface area contributed by atoms with Gasteiger partial charge in [0.05, 0.1) is 17.8 Å². The SMILES string of the molecule is CC(=O)CC(=O)c1ncc(C)nc1C. The lowest BCUT2D eigenvalue weighted by Gasteiger charge is -2.02. The van der Waals surface area contributed by atoms with E-state index in [-0.39, 0.29) is 18.0 Å². The minimum absolute atomic E-state index is 0.0986. The molecule has 0 aliphatic heterocycles. The summed E-state index contributed by atoms with van der Waals surface area (Å²) in [4.78, 5) is 30.3. The number of hydrogen-bond donors (Lipinski definition) is 0. The van der Waals surface area contributed by atoms with Gasteiger partial charge in [0.2, 0.25) is 0 Å². The van der Waals surface area contributed by atoms with E-state index in [0.717, 1.165) is 5.69 Å². The van der Waals surface area contributed by atoms with Crippen LogP contribution in [0.15, 0.2) is 6.20 Å². The summed E-state index contributed by atoms with van der Waals surface area (Å²) in [5, 5.41) is 0. The van der Waals surface area contributed by atoms with Crippen LogP contribution in [0, 0.1) is 13.8 Å². The first kappa shape index (κ1) is 10.5. The molecule has 0 fully saturated rings. The number of Topliss-reactive ketones (excluding diaryl/α,β-unsaturated/α-hetero) is 2. The molecule has 1 rings (SSSR count). The quantitative estimate of drug-likeness (QED) is 0.534. The van der Waals surface area contributed by atoms with Crippen molar-refractivity contribution in [2.24, 2.45) is 0 Å². The maximum atomic E-state index is 11.5. The van der Waals surface area contributed by atoms with Gasteiger partial charge in [0, 0.05) is 6.20 Å². The first-order valence-corrected chi connectivity index (χ1v) is 4.33. The highest BCUT2D eigenvalue weighted by molar-refractivity contribution is 6.06. The molecule has 4 nitrogen and oxygen atoms in total. The van der Waals surface area contributed by atoms with Crippen LogP contribution in [0.1, 0.15) is 35.2 Å². The number of carbonyl (C=O) groups excluding carboxylic acids is 2. The number of nitrogens with zero attached hydrogens (tertiary/aromatic N) is 2. The van der Waals surface area contributed by atoms with Crippen LogP contribution in [-0.4, -0.2) is 21.5 Å². The molecule has 0 aliphatic carbocycles. The van der Waals surface area contributed by atoms with E-state index >= 15 is 0 Å². The standard InChI is InChI=1S/C10H12N2O2/c1-6-5-11-10(8(3)12-6)9(14)4-7(2)13/h5H,4H2,1-3H3. The number of hydrogen-bond acceptors (Lipinski definition) is 4. The lowest BCUT2D eigenvalue weighted by molar-refractivity contribution is -0.116. The minimum atomic E-state index is -0.262. The smallest absolute Gasteiger partial charge is 0.190 e. The summed E-state index contributed by atoms with van der Waals surface area (Å²) in [6.07, 6.45) is 1.43. The van der Waals surface area contributed by atoms with E-state index in [1.165, 1.54) is 13.1 Å². The highest BCUT2D eigenvalue weighted by Crippen LogP contribution is 2.05. The van der Waals surface area contributed by atoms with Gasteiger partial charge in [0.1, 0.15) is 11.5 Å². The van der Waals surface area contributed by atoms with E-state index in [1.807, 2.05) is 0 Å². The van der Waals surface area contributed by atoms with Gasteiger partial charge in [-0.1, -0.05) is 0 Å². The number of carbonyl (C=O) groups is 2. The second-order valence-corrected chi connectivity index (χ2v) is 3.25. The van der Waals surface area contributed by atoms with Gasteiger partial charge in [-0.25, -0.2) is 4.98 Å². The van der Waals surface area contributed by atoms with Crippen molar-refractivity contribution in [1.82, 2.24) is 9.97 Å². The zero-order valence-electron chi connectivity index (χ0n) is 8.50. The Hall–Kier alpha value is -1.58. The zero-order chi connectivity index (χ0) is 10.7. The van der Waals surface area contributed by atoms with Crippen molar-refractivity contribution in [1.29, 1.82) is 0 Å². The Bertz CT molecular complexity index is 386. The van der Waals surface area contributed by atoms with Crippen molar-refractivity contribution in [2.75, 3.05) is 0 Å². The molecule has 0 N–H and O–H groups in total. The van der Waals surface area contributed by atoms with Crippen LogP contribution >= 0.6 is 0 Å². The molecule has 0 aliphatic rings. The van der Waals surface area contributed by atoms with E-state index in [1.54, 1.807) is 13.8 Å². The molecule has 1 aromatic rings. The topological polar surface area (TPSA) is 59.9 Å². The van der Waals surface area contributed by atoms with Gasteiger partial charge in [0.15, 0.2) is 5.78 Å². The van der Waals surface area contributed by atoms with E-state index in [2.05, 4.69) is 9.97 Å². The molecular formula is C10H12N2O2. The third-order valence-electron chi connectivity index (χ3n) is 1.74. The third kappa shape index (κ3) is 2.45. The molecule has 74 valence electrons. The summed E-state index contributed by atoms with van der Waals surface area (Å²) >= 11 is 0. The lowest BCUT2D eigenvalue weighted by atomic mass is 10.1. The van der Waals surface area contributed by atoms with Gasteiger partial charge >= 0.3 is 0 Å². The molecule has 0 bridgehead atoms. The second-order valence-electron chi connectivity index (χ2n) is 3.25. The highest BCUT2D eigenvalue weighted by atomic mass is 16.1. The van der Waals surface area contributed by atoms with Gasteiger partial charge in [0.25, 0.3) is 0 Å². The summed E-state index contributed by atoms with van der Waals surface area (Å²) in [5.74, 6) is -0.417. The summed E-state index contributed by atoms with van der Waals surface area (Å²) in [5.41, 5.74) is 1.64. The highest BCUT2D eigenvalue weighted by Gasteiger charge is 2.13. The average molecular weight is 192 g/mol. The predicted molar refractivity (Wildman–Crippen MR) is 51.1 cm³/mol. The van der Waals surface area contributed by atoms with Gasteiger partial charge in [-0.2, -0.15) is 0 Å². The molecule has 0 amide bonds. The number of aromatic nitrogens is 2. The summed E-state index contributed by atoms with van der Waals surface area (Å²) in [6.45, 7) is 4.90. The Morgan fingerprint density at radius 2 is 2.00 bits per heavy atom. The van der Waals surface area contributed by atoms with Gasteiger partial charge in [-0.3, -0.25) is 14.6 Å². The zero-order valence-corrected chi connectivity index (χ0v) is 8.50. The average Bonchev–Trinajstić information content (AvgIpc) is 2.01. The van der Waals surface area contributed by atoms with Crippen molar-refractivity contribution < 1.29 is 9.59 Å². The lowest BCUT2D eigenvalue weighted by Crippen LogP contribution is -2.10. The van der Waals surface area contributed by atoms with Crippen LogP contribution in [0.25, 0.3) is 0 Å². The number of ketones is 2. The minimum Gasteiger partial charge on any atom is -0.300 e. The normalized spacial score (nSPS) is 9.93. The maximum Gasteiger partial charge on any atom is 0.190 e. The Labute approximate surface area is 82.4 Å². The number of rotatable bonds is 3. The molecule has 1 aromatic heterocycles. The maximum absolute atomic E-state index is 11.5. The van der Waals surface area contributed by atoms with Crippen LogP contribution in [0.4, 0.5) is 0 Å². The molecule has 4 heteroatoms. The van der Waals surface area contributed by atoms with Crippen LogP contribution in [0.2, 0.25) is 0 Å². The summed E-state index contributed by atoms with van der Waals surface area (Å²) in [7, 11) is 0. The molecular weight excluding hydrogens is 180 g/mol. The van der Waals surface area contributed by atoms with E-state index in [0.29, 0.717) is 11.4 Å². The molecule has 0 atom stereocenters. The van der Waals surface area contributed by atoms with Crippen molar-refractivity contribution in [3.8, 4) is 0 Å². The fraction of sp³-hybridized carbons (Fsp3) is 0.400. The van der Waals surface area contributed by atoms with Crippen LogP contribution in [0.3, 0.4) is 0 Å². The molecule has 0 saturated heterocycles. The Morgan fingerprint density at radius 1 is 1.36 bits per heavy atom. The van der Waals surface area contributed by atoms with Crippen molar-refractivity contribution in [3.63, 3.8) is 0 Å². The first-order chi connectivity index (χ1) is 6.50. The molecule has 0 unspecified atom stereocenters. The van der Waals surface area contributed by atoms with Crippen molar-refractivity contribution >= 4 is 11.6 Å². The second kappa shape index (κ2) is 4.09. The summed E-state index contributed by atoms with van der Waals surface area (Å²) in [6, 6.07) is 0. The molecule has 1 heterocycles. The fourth-order valence-electron chi connectivity index (χ4n) is 1.18. The van der Waals surface area contributed by atoms with Crippen LogP contribution < -0.4 is 0 Å². The van der Waals surface area contributed by atoms with E-state index in [4.69, 9.17) is 0 Å². The van der Waals surface area contributed by atoms with E-state index in [9.17, 15) is 9.59 Å². The Morgan fingerprint density at radius 3 is 2.50 bits per heavy atom. The fourth-order valence-corrected chi connectivity index (χ4v) is 1.18. The Balaban J connectivity index is 2.96. The third-order valence-corrected chi connectivity index (χ3v) is 1.74. The van der Waals surface area contributed by atoms with Crippen LogP contribution in [0.5, 0.6) is 0 Å². The van der Waals surface area contributed by atoms with Gasteiger partial charge in [-0.05, 0) is 20.8 Å². The van der Waals surface area contributed by atoms with Crippen molar-refractivity contribution in [2.45, 2.75) is 27.2 Å². The monoisotopic (exact) mass is 192 g/mol. The molecule has 0 aromatic carbocycles. The molecule has 0 saturated carbocycles. The molecule has 0 spiro atoms.